The largest absolute Gasteiger partial charge is 0.388 e. The fourth-order valence-electron chi connectivity index (χ4n) is 1.68. The van der Waals surface area contributed by atoms with Crippen LogP contribution in [0.1, 0.15) is 6.42 Å². The van der Waals surface area contributed by atoms with E-state index in [0.717, 1.165) is 25.3 Å². The molecule has 0 amide bonds. The topological polar surface area (TPSA) is 32.3 Å². The average molecular weight is 185 g/mol. The van der Waals surface area contributed by atoms with Crippen molar-refractivity contribution in [3.8, 4) is 0 Å². The molecule has 0 bridgehead atoms. The van der Waals surface area contributed by atoms with E-state index in [9.17, 15) is 5.11 Å². The first-order chi connectivity index (χ1) is 5.79. The lowest BCUT2D eigenvalue weighted by molar-refractivity contribution is 0.0870. The number of hydrogen-bond acceptors (Lipinski definition) is 2. The van der Waals surface area contributed by atoms with Crippen LogP contribution in [0.15, 0.2) is 23.0 Å². The van der Waals surface area contributed by atoms with Gasteiger partial charge in [-0.15, -0.1) is 0 Å². The number of aliphatic hydroxyl groups is 1. The summed E-state index contributed by atoms with van der Waals surface area (Å²) in [6.07, 6.45) is 5.07. The van der Waals surface area contributed by atoms with Crippen LogP contribution in [-0.4, -0.2) is 29.5 Å². The second-order valence-electron chi connectivity index (χ2n) is 3.51. The van der Waals surface area contributed by atoms with Gasteiger partial charge in [0.05, 0.1) is 5.60 Å². The Balaban J connectivity index is 1.92. The van der Waals surface area contributed by atoms with Crippen LogP contribution in [-0.2, 0) is 0 Å². The van der Waals surface area contributed by atoms with Crippen molar-refractivity contribution in [2.45, 2.75) is 12.0 Å². The van der Waals surface area contributed by atoms with Gasteiger partial charge in [0.2, 0.25) is 0 Å². The zero-order valence-corrected chi connectivity index (χ0v) is 7.93. The van der Waals surface area contributed by atoms with Crippen LogP contribution < -0.4 is 5.32 Å². The molecule has 1 atom stereocenters. The molecule has 2 heterocycles. The highest BCUT2D eigenvalue weighted by atomic mass is 32.2. The molecular weight excluding hydrogens is 170 g/mol. The van der Waals surface area contributed by atoms with Crippen LogP contribution in [0, 0.1) is 0 Å². The zero-order valence-electron chi connectivity index (χ0n) is 7.03. The maximum Gasteiger partial charge on any atom is 0.0862 e. The summed E-state index contributed by atoms with van der Waals surface area (Å²) >= 11 is 0. The number of nitrogens with one attached hydrogen (secondary N) is 1. The van der Waals surface area contributed by atoms with Gasteiger partial charge in [0.1, 0.15) is 0 Å². The van der Waals surface area contributed by atoms with Crippen molar-refractivity contribution in [3.63, 3.8) is 0 Å². The minimum Gasteiger partial charge on any atom is -0.388 e. The molecular formula is C9H15NOS. The van der Waals surface area contributed by atoms with Gasteiger partial charge in [-0.2, -0.15) is 0 Å². The van der Waals surface area contributed by atoms with Crippen molar-refractivity contribution in [1.82, 2.24) is 5.32 Å². The first-order valence-corrected chi connectivity index (χ1v) is 5.99. The fourth-order valence-corrected chi connectivity index (χ4v) is 3.58. The summed E-state index contributed by atoms with van der Waals surface area (Å²) in [5.74, 6) is 0.933. The van der Waals surface area contributed by atoms with E-state index in [1.165, 1.54) is 0 Å². The van der Waals surface area contributed by atoms with Gasteiger partial charge in [0.15, 0.2) is 0 Å². The van der Waals surface area contributed by atoms with Gasteiger partial charge < -0.3 is 10.4 Å². The standard InChI is InChI=1S/C9H15NOS/c11-9(3-4-10-7-9)8-12-5-1-2-6-12/h1-2,5-6,10-12H,3-4,7-8H2. The SMILES string of the molecule is OC1(C[SH]2C=CC=C2)CCNC1. The first kappa shape index (κ1) is 8.35. The molecule has 0 aromatic rings. The number of thiol groups is 1. The monoisotopic (exact) mass is 185 g/mol. The Morgan fingerprint density at radius 3 is 2.75 bits per heavy atom. The van der Waals surface area contributed by atoms with E-state index >= 15 is 0 Å². The van der Waals surface area contributed by atoms with E-state index in [1.807, 2.05) is 0 Å². The predicted octanol–water partition coefficient (Wildman–Crippen LogP) is 0.753. The molecule has 0 aromatic carbocycles. The van der Waals surface area contributed by atoms with Crippen LogP contribution in [0.25, 0.3) is 0 Å². The summed E-state index contributed by atoms with van der Waals surface area (Å²) in [5.41, 5.74) is -0.426. The molecule has 2 nitrogen and oxygen atoms in total. The van der Waals surface area contributed by atoms with Crippen molar-refractivity contribution >= 4 is 10.9 Å². The molecule has 0 aliphatic carbocycles. The second-order valence-corrected chi connectivity index (χ2v) is 5.45. The van der Waals surface area contributed by atoms with E-state index in [2.05, 4.69) is 28.3 Å². The summed E-state index contributed by atoms with van der Waals surface area (Å²) < 4.78 is 0. The first-order valence-electron chi connectivity index (χ1n) is 4.32. The maximum atomic E-state index is 10.0. The van der Waals surface area contributed by atoms with Gasteiger partial charge in [-0.25, -0.2) is 10.9 Å². The fraction of sp³-hybridized carbons (Fsp3) is 0.556. The zero-order chi connectivity index (χ0) is 8.44. The highest BCUT2D eigenvalue weighted by Gasteiger charge is 2.31. The minimum atomic E-state index is -0.426. The molecule has 12 heavy (non-hydrogen) atoms. The summed E-state index contributed by atoms with van der Waals surface area (Å²) in [7, 11) is -0.156. The van der Waals surface area contributed by atoms with E-state index in [0.29, 0.717) is 0 Å². The Bertz CT molecular complexity index is 207. The van der Waals surface area contributed by atoms with Crippen molar-refractivity contribution in [1.29, 1.82) is 0 Å². The quantitative estimate of drug-likeness (QED) is 0.555. The molecule has 0 radical (unpaired) electrons. The molecule has 2 aliphatic rings. The van der Waals surface area contributed by atoms with Crippen LogP contribution in [0.2, 0.25) is 0 Å². The molecule has 2 N–H and O–H groups in total. The van der Waals surface area contributed by atoms with Crippen molar-refractivity contribution in [2.75, 3.05) is 18.8 Å². The summed E-state index contributed by atoms with van der Waals surface area (Å²) in [4.78, 5) is 0. The van der Waals surface area contributed by atoms with Gasteiger partial charge in [0, 0.05) is 12.3 Å². The molecule has 3 heteroatoms. The number of β-amino-alcohol motifs (C(OH)–C–C–N with tert-alkyl or cyclic N) is 1. The summed E-state index contributed by atoms with van der Waals surface area (Å²) in [5, 5.41) is 17.7. The van der Waals surface area contributed by atoms with E-state index in [1.54, 1.807) is 0 Å². The Morgan fingerprint density at radius 1 is 1.42 bits per heavy atom. The maximum absolute atomic E-state index is 10.0. The number of rotatable bonds is 2. The molecule has 2 rings (SSSR count). The van der Waals surface area contributed by atoms with Crippen LogP contribution in [0.5, 0.6) is 0 Å². The van der Waals surface area contributed by atoms with Crippen LogP contribution >= 0.6 is 10.9 Å². The van der Waals surface area contributed by atoms with Gasteiger partial charge in [-0.1, -0.05) is 12.2 Å². The van der Waals surface area contributed by atoms with Gasteiger partial charge in [-0.05, 0) is 23.8 Å². The summed E-state index contributed by atoms with van der Waals surface area (Å²) in [6, 6.07) is 0. The molecule has 2 aliphatic heterocycles. The minimum absolute atomic E-state index is 0.156. The Labute approximate surface area is 75.7 Å². The lowest BCUT2D eigenvalue weighted by Gasteiger charge is -2.25. The van der Waals surface area contributed by atoms with Gasteiger partial charge in [-0.3, -0.25) is 0 Å². The highest BCUT2D eigenvalue weighted by Crippen LogP contribution is 2.37. The molecule has 0 spiro atoms. The Hall–Kier alpha value is -0.250. The lowest BCUT2D eigenvalue weighted by atomic mass is 10.1. The lowest BCUT2D eigenvalue weighted by Crippen LogP contribution is -2.34. The van der Waals surface area contributed by atoms with Gasteiger partial charge in [0.25, 0.3) is 0 Å². The van der Waals surface area contributed by atoms with Gasteiger partial charge >= 0.3 is 0 Å². The molecule has 1 fully saturated rings. The molecule has 1 unspecified atom stereocenters. The van der Waals surface area contributed by atoms with E-state index < -0.39 is 5.60 Å². The average Bonchev–Trinajstić information content (AvgIpc) is 2.62. The normalized spacial score (nSPS) is 36.6. The van der Waals surface area contributed by atoms with Crippen molar-refractivity contribution in [2.24, 2.45) is 0 Å². The highest BCUT2D eigenvalue weighted by molar-refractivity contribution is 8.22. The smallest absolute Gasteiger partial charge is 0.0862 e. The summed E-state index contributed by atoms with van der Waals surface area (Å²) in [6.45, 7) is 1.74. The molecule has 68 valence electrons. The van der Waals surface area contributed by atoms with Crippen molar-refractivity contribution in [3.05, 3.63) is 23.0 Å². The van der Waals surface area contributed by atoms with Crippen LogP contribution in [0.4, 0.5) is 0 Å². The Kier molecular flexibility index (Phi) is 2.26. The number of hydrogen-bond donors (Lipinski definition) is 3. The third kappa shape index (κ3) is 1.73. The third-order valence-corrected chi connectivity index (χ3v) is 4.43. The van der Waals surface area contributed by atoms with E-state index in [4.69, 9.17) is 0 Å². The van der Waals surface area contributed by atoms with E-state index in [-0.39, 0.29) is 10.9 Å². The molecule has 0 aromatic heterocycles. The van der Waals surface area contributed by atoms with Crippen LogP contribution in [0.3, 0.4) is 0 Å². The van der Waals surface area contributed by atoms with Crippen molar-refractivity contribution < 1.29 is 5.11 Å². The Morgan fingerprint density at radius 2 is 2.17 bits per heavy atom. The molecule has 1 saturated heterocycles. The number of allylic oxidation sites excluding steroid dienone is 2. The second kappa shape index (κ2) is 3.24. The third-order valence-electron chi connectivity index (χ3n) is 2.36. The molecule has 0 saturated carbocycles. The predicted molar refractivity (Wildman–Crippen MR) is 54.6 cm³/mol.